The van der Waals surface area contributed by atoms with Gasteiger partial charge in [-0.3, -0.25) is 0 Å². The molecule has 0 bridgehead atoms. The van der Waals surface area contributed by atoms with Crippen LogP contribution in [0.1, 0.15) is 0 Å². The summed E-state index contributed by atoms with van der Waals surface area (Å²) in [4.78, 5) is 0. The minimum atomic E-state index is 0. The molecule has 1 radical (unpaired) electrons. The Morgan fingerprint density at radius 1 is 0.571 bits per heavy atom. The van der Waals surface area contributed by atoms with Crippen LogP contribution in [0, 0.1) is 36.9 Å². The minimum absolute atomic E-state index is 0. The van der Waals surface area contributed by atoms with Crippen LogP contribution in [0.5, 0.6) is 0 Å². The van der Waals surface area contributed by atoms with E-state index in [9.17, 15) is 0 Å². The minimum Gasteiger partial charge on any atom is -0.400 e. The van der Waals surface area contributed by atoms with E-state index in [-0.39, 0.29) is 36.9 Å². The fourth-order valence-electron chi connectivity index (χ4n) is 0. The Morgan fingerprint density at radius 3 is 0.571 bits per heavy atom. The average Bonchev–Trinajstić information content (AvgIpc) is 1.81. The van der Waals surface area contributed by atoms with E-state index in [1.165, 1.54) is 0 Å². The zero-order valence-corrected chi connectivity index (χ0v) is 6.26. The van der Waals surface area contributed by atoms with Gasteiger partial charge in [0.2, 0.25) is 0 Å². The van der Waals surface area contributed by atoms with Crippen molar-refractivity contribution in [3.8, 4) is 0 Å². The first-order valence-corrected chi connectivity index (χ1v) is 1.34. The third-order valence-corrected chi connectivity index (χ3v) is 0. The molecule has 3 N–H and O–H groups in total. The molecule has 0 atom stereocenters. The molecule has 0 saturated carbocycles. The van der Waals surface area contributed by atoms with Crippen molar-refractivity contribution in [1.82, 2.24) is 0 Å². The van der Waals surface area contributed by atoms with Crippen LogP contribution in [0.2, 0.25) is 0 Å². The Kier molecular flexibility index (Phi) is 743. The van der Waals surface area contributed by atoms with Crippen LogP contribution in [0.15, 0.2) is 0 Å². The van der Waals surface area contributed by atoms with Crippen molar-refractivity contribution >= 4 is 0 Å². The standard InChI is InChI=1S/3CH4O.Lu/c3*1-2;/h3*2H,1H3;. The maximum absolute atomic E-state index is 7.00. The summed E-state index contributed by atoms with van der Waals surface area (Å²) in [5, 5.41) is 21.0. The SMILES string of the molecule is CO.CO.CO.[Lu]. The molecule has 0 aliphatic heterocycles. The first-order chi connectivity index (χ1) is 3.00. The molecule has 3 nitrogen and oxygen atoms in total. The summed E-state index contributed by atoms with van der Waals surface area (Å²) in [5.41, 5.74) is 0. The topological polar surface area (TPSA) is 60.7 Å². The van der Waals surface area contributed by atoms with Crippen LogP contribution in [-0.4, -0.2) is 36.6 Å². The summed E-state index contributed by atoms with van der Waals surface area (Å²) in [6.45, 7) is 0. The van der Waals surface area contributed by atoms with E-state index in [2.05, 4.69) is 0 Å². The van der Waals surface area contributed by atoms with Crippen LogP contribution < -0.4 is 0 Å². The molecule has 4 heteroatoms. The van der Waals surface area contributed by atoms with Gasteiger partial charge in [-0.15, -0.1) is 0 Å². The molecule has 0 amide bonds. The van der Waals surface area contributed by atoms with Crippen molar-refractivity contribution < 1.29 is 52.2 Å². The van der Waals surface area contributed by atoms with E-state index in [0.717, 1.165) is 21.3 Å². The summed E-state index contributed by atoms with van der Waals surface area (Å²) >= 11 is 0. The molecule has 0 aliphatic carbocycles. The molecule has 0 unspecified atom stereocenters. The Balaban J connectivity index is -0.00000000900. The molecule has 0 saturated heterocycles. The first kappa shape index (κ1) is 24.3. The van der Waals surface area contributed by atoms with Gasteiger partial charge >= 0.3 is 0 Å². The van der Waals surface area contributed by atoms with E-state index in [0.29, 0.717) is 0 Å². The van der Waals surface area contributed by atoms with Crippen LogP contribution in [0.25, 0.3) is 0 Å². The molecule has 0 spiro atoms. The molecule has 57 valence electrons. The van der Waals surface area contributed by atoms with Crippen molar-refractivity contribution in [1.29, 1.82) is 0 Å². The van der Waals surface area contributed by atoms with Crippen LogP contribution in [0.4, 0.5) is 0 Å². The Bertz CT molecular complexity index is 10.1. The molecule has 7 heavy (non-hydrogen) atoms. The van der Waals surface area contributed by atoms with Gasteiger partial charge in [0.25, 0.3) is 0 Å². The second-order valence-electron chi connectivity index (χ2n) is 0. The second-order valence-corrected chi connectivity index (χ2v) is 0. The summed E-state index contributed by atoms with van der Waals surface area (Å²) in [5.74, 6) is 0. The zero-order chi connectivity index (χ0) is 6.00. The molecule has 0 aromatic heterocycles. The van der Waals surface area contributed by atoms with Gasteiger partial charge in [-0.2, -0.15) is 0 Å². The van der Waals surface area contributed by atoms with Gasteiger partial charge in [-0.1, -0.05) is 0 Å². The van der Waals surface area contributed by atoms with Crippen molar-refractivity contribution in [2.45, 2.75) is 0 Å². The molecular weight excluding hydrogens is 259 g/mol. The summed E-state index contributed by atoms with van der Waals surface area (Å²) in [7, 11) is 3.00. The molecule has 0 aromatic carbocycles. The van der Waals surface area contributed by atoms with Gasteiger partial charge in [-0.25, -0.2) is 0 Å². The van der Waals surface area contributed by atoms with Crippen molar-refractivity contribution in [3.63, 3.8) is 0 Å². The van der Waals surface area contributed by atoms with Gasteiger partial charge in [-0.05, 0) is 0 Å². The van der Waals surface area contributed by atoms with Gasteiger partial charge in [0, 0.05) is 58.2 Å². The molecule has 0 heterocycles. The normalized spacial score (nSPS) is 2.57. The predicted molar refractivity (Wildman–Crippen MR) is 24.4 cm³/mol. The number of hydrogen-bond acceptors (Lipinski definition) is 3. The Hall–Kier alpha value is 1.11. The van der Waals surface area contributed by atoms with E-state index in [4.69, 9.17) is 15.3 Å². The van der Waals surface area contributed by atoms with E-state index in [1.54, 1.807) is 0 Å². The molecule has 0 rings (SSSR count). The number of rotatable bonds is 0. The van der Waals surface area contributed by atoms with Gasteiger partial charge < -0.3 is 15.3 Å². The summed E-state index contributed by atoms with van der Waals surface area (Å²) in [6.07, 6.45) is 0. The fraction of sp³-hybridized carbons (Fsp3) is 1.00. The van der Waals surface area contributed by atoms with Crippen molar-refractivity contribution in [2.24, 2.45) is 0 Å². The van der Waals surface area contributed by atoms with E-state index < -0.39 is 0 Å². The quantitative estimate of drug-likeness (QED) is 0.520. The summed E-state index contributed by atoms with van der Waals surface area (Å²) < 4.78 is 0. The van der Waals surface area contributed by atoms with Crippen LogP contribution in [0.3, 0.4) is 0 Å². The monoisotopic (exact) mass is 271 g/mol. The maximum Gasteiger partial charge on any atom is 0.0319 e. The zero-order valence-electron chi connectivity index (χ0n) is 4.60. The van der Waals surface area contributed by atoms with Crippen molar-refractivity contribution in [3.05, 3.63) is 0 Å². The van der Waals surface area contributed by atoms with E-state index >= 15 is 0 Å². The first-order valence-electron chi connectivity index (χ1n) is 1.34. The third-order valence-electron chi connectivity index (χ3n) is 0. The number of aliphatic hydroxyl groups is 3. The smallest absolute Gasteiger partial charge is 0.0319 e. The van der Waals surface area contributed by atoms with Crippen LogP contribution in [-0.2, 0) is 0 Å². The second kappa shape index (κ2) is 214. The largest absolute Gasteiger partial charge is 0.400 e. The van der Waals surface area contributed by atoms with E-state index in [1.807, 2.05) is 0 Å². The molecule has 0 aromatic rings. The third kappa shape index (κ3) is 150. The Labute approximate surface area is 73.2 Å². The number of aliphatic hydroxyl groups excluding tert-OH is 3. The van der Waals surface area contributed by atoms with Gasteiger partial charge in [0.15, 0.2) is 0 Å². The number of hydrogen-bond donors (Lipinski definition) is 3. The fourth-order valence-corrected chi connectivity index (χ4v) is 0. The Morgan fingerprint density at radius 2 is 0.571 bits per heavy atom. The predicted octanol–water partition coefficient (Wildman–Crippen LogP) is -1.17. The van der Waals surface area contributed by atoms with Gasteiger partial charge in [0.1, 0.15) is 0 Å². The summed E-state index contributed by atoms with van der Waals surface area (Å²) in [6, 6.07) is 0. The maximum atomic E-state index is 7.00. The molecular formula is C3H12LuO3. The van der Waals surface area contributed by atoms with Gasteiger partial charge in [0.05, 0.1) is 0 Å². The molecule has 0 fully saturated rings. The van der Waals surface area contributed by atoms with Crippen LogP contribution >= 0.6 is 0 Å². The van der Waals surface area contributed by atoms with Crippen molar-refractivity contribution in [2.75, 3.05) is 21.3 Å². The average molecular weight is 271 g/mol. The molecule has 0 aliphatic rings.